The van der Waals surface area contributed by atoms with E-state index in [-0.39, 0.29) is 11.7 Å². The summed E-state index contributed by atoms with van der Waals surface area (Å²) in [5, 5.41) is 1.91. The van der Waals surface area contributed by atoms with Crippen molar-refractivity contribution in [2.75, 3.05) is 32.7 Å². The minimum absolute atomic E-state index is 0.102. The van der Waals surface area contributed by atoms with Crippen LogP contribution < -0.4 is 0 Å². The van der Waals surface area contributed by atoms with Crippen molar-refractivity contribution in [1.82, 2.24) is 9.80 Å². The van der Waals surface area contributed by atoms with Crippen LogP contribution in [0.4, 0.5) is 0 Å². The molecule has 0 bridgehead atoms. The van der Waals surface area contributed by atoms with Crippen molar-refractivity contribution in [2.45, 2.75) is 0 Å². The molecule has 7 heteroatoms. The summed E-state index contributed by atoms with van der Waals surface area (Å²) in [4.78, 5) is 29.0. The third-order valence-corrected chi connectivity index (χ3v) is 4.94. The molecule has 0 spiro atoms. The Labute approximate surface area is 140 Å². The second-order valence-corrected chi connectivity index (χ2v) is 6.80. The molecular weight excluding hydrogens is 368 g/mol. The van der Waals surface area contributed by atoms with Gasteiger partial charge in [0.15, 0.2) is 16.2 Å². The van der Waals surface area contributed by atoms with E-state index in [2.05, 4.69) is 20.8 Å². The lowest BCUT2D eigenvalue weighted by molar-refractivity contribution is 0.0595. The molecule has 0 atom stereocenters. The molecule has 116 valence electrons. The van der Waals surface area contributed by atoms with E-state index >= 15 is 0 Å². The topological polar surface area (TPSA) is 53.8 Å². The Hall–Kier alpha value is -1.44. The van der Waals surface area contributed by atoms with Crippen molar-refractivity contribution in [3.05, 3.63) is 45.0 Å². The fourth-order valence-electron chi connectivity index (χ4n) is 2.41. The summed E-state index contributed by atoms with van der Waals surface area (Å²) in [5.41, 5.74) is 0. The van der Waals surface area contributed by atoms with Gasteiger partial charge in [-0.2, -0.15) is 0 Å². The molecule has 0 unspecified atom stereocenters. The van der Waals surface area contributed by atoms with Gasteiger partial charge in [-0.05, 0) is 39.5 Å². The zero-order valence-electron chi connectivity index (χ0n) is 11.8. The van der Waals surface area contributed by atoms with Gasteiger partial charge in [-0.15, -0.1) is 11.3 Å². The maximum Gasteiger partial charge on any atom is 0.289 e. The first-order valence-corrected chi connectivity index (χ1v) is 8.64. The maximum atomic E-state index is 12.3. The van der Waals surface area contributed by atoms with Crippen molar-refractivity contribution in [2.24, 2.45) is 0 Å². The molecule has 22 heavy (non-hydrogen) atoms. The number of rotatable bonds is 4. The number of carbonyl (C=O) groups is 2. The van der Waals surface area contributed by atoms with Crippen LogP contribution >= 0.6 is 27.3 Å². The Kier molecular flexibility index (Phi) is 4.75. The van der Waals surface area contributed by atoms with Gasteiger partial charge >= 0.3 is 0 Å². The number of Topliss-reactive ketones (excluding diaryl/α,β-unsaturated/α-hetero) is 1. The monoisotopic (exact) mass is 382 g/mol. The molecule has 2 aromatic heterocycles. The van der Waals surface area contributed by atoms with Gasteiger partial charge in [0, 0.05) is 26.2 Å². The highest BCUT2D eigenvalue weighted by Gasteiger charge is 2.25. The summed E-state index contributed by atoms with van der Waals surface area (Å²) in [5.74, 6) is 0.384. The summed E-state index contributed by atoms with van der Waals surface area (Å²) in [7, 11) is 0. The first kappa shape index (κ1) is 15.5. The summed E-state index contributed by atoms with van der Waals surface area (Å²) in [6, 6.07) is 7.11. The zero-order valence-corrected chi connectivity index (χ0v) is 14.2. The van der Waals surface area contributed by atoms with E-state index in [1.807, 2.05) is 17.5 Å². The van der Waals surface area contributed by atoms with E-state index in [4.69, 9.17) is 4.42 Å². The van der Waals surface area contributed by atoms with Crippen LogP contribution in [0.1, 0.15) is 20.2 Å². The lowest BCUT2D eigenvalue weighted by Crippen LogP contribution is -2.49. The van der Waals surface area contributed by atoms with Crippen molar-refractivity contribution in [3.8, 4) is 0 Å². The molecule has 0 saturated carbocycles. The van der Waals surface area contributed by atoms with Crippen molar-refractivity contribution >= 4 is 39.0 Å². The molecule has 0 N–H and O–H groups in total. The molecule has 1 aliphatic rings. The quantitative estimate of drug-likeness (QED) is 0.762. The van der Waals surface area contributed by atoms with Crippen LogP contribution in [0.25, 0.3) is 0 Å². The lowest BCUT2D eigenvalue weighted by Gasteiger charge is -2.33. The molecule has 5 nitrogen and oxygen atoms in total. The first-order valence-electron chi connectivity index (χ1n) is 6.97. The van der Waals surface area contributed by atoms with Gasteiger partial charge in [0.1, 0.15) is 0 Å². The molecule has 0 radical (unpaired) electrons. The number of halogens is 1. The summed E-state index contributed by atoms with van der Waals surface area (Å²) in [6.45, 7) is 3.02. The van der Waals surface area contributed by atoms with Gasteiger partial charge in [-0.3, -0.25) is 14.5 Å². The number of amides is 1. The third-order valence-electron chi connectivity index (χ3n) is 3.61. The van der Waals surface area contributed by atoms with E-state index in [1.165, 1.54) is 11.3 Å². The van der Waals surface area contributed by atoms with Crippen LogP contribution in [0.2, 0.25) is 0 Å². The van der Waals surface area contributed by atoms with E-state index in [1.54, 1.807) is 17.0 Å². The lowest BCUT2D eigenvalue weighted by atomic mass is 10.2. The van der Waals surface area contributed by atoms with Gasteiger partial charge in [0.25, 0.3) is 5.91 Å². The molecule has 1 saturated heterocycles. The van der Waals surface area contributed by atoms with E-state index in [9.17, 15) is 9.59 Å². The summed E-state index contributed by atoms with van der Waals surface area (Å²) >= 11 is 4.66. The van der Waals surface area contributed by atoms with E-state index in [0.717, 1.165) is 4.88 Å². The predicted molar refractivity (Wildman–Crippen MR) is 87.4 cm³/mol. The molecule has 3 heterocycles. The van der Waals surface area contributed by atoms with Crippen LogP contribution in [0.3, 0.4) is 0 Å². The fraction of sp³-hybridized carbons (Fsp3) is 0.333. The maximum absolute atomic E-state index is 12.3. The molecule has 0 aliphatic carbocycles. The molecule has 3 rings (SSSR count). The van der Waals surface area contributed by atoms with Gasteiger partial charge in [-0.25, -0.2) is 0 Å². The van der Waals surface area contributed by atoms with Gasteiger partial charge in [0.2, 0.25) is 0 Å². The van der Waals surface area contributed by atoms with Crippen molar-refractivity contribution in [3.63, 3.8) is 0 Å². The number of carbonyl (C=O) groups excluding carboxylic acids is 2. The van der Waals surface area contributed by atoms with Crippen LogP contribution in [-0.2, 0) is 0 Å². The third kappa shape index (κ3) is 3.48. The van der Waals surface area contributed by atoms with E-state index < -0.39 is 0 Å². The second kappa shape index (κ2) is 6.76. The Balaban J connectivity index is 1.52. The first-order chi connectivity index (χ1) is 10.6. The number of furan rings is 1. The zero-order chi connectivity index (χ0) is 15.5. The average Bonchev–Trinajstić information content (AvgIpc) is 3.18. The van der Waals surface area contributed by atoms with Gasteiger partial charge in [0.05, 0.1) is 11.4 Å². The van der Waals surface area contributed by atoms with Crippen molar-refractivity contribution < 1.29 is 14.0 Å². The number of hydrogen-bond donors (Lipinski definition) is 0. The standard InChI is InChI=1S/C15H15BrN2O3S/c16-14-4-3-12(21-14)15(20)18-7-5-17(6-8-18)10-11(19)13-2-1-9-22-13/h1-4,9H,5-8,10H2. The van der Waals surface area contributed by atoms with Crippen LogP contribution in [0.5, 0.6) is 0 Å². The molecular formula is C15H15BrN2O3S. The molecule has 2 aromatic rings. The molecule has 1 amide bonds. The Morgan fingerprint density at radius 1 is 1.18 bits per heavy atom. The average molecular weight is 383 g/mol. The van der Waals surface area contributed by atoms with Gasteiger partial charge in [-0.1, -0.05) is 6.07 Å². The number of nitrogens with zero attached hydrogens (tertiary/aromatic N) is 2. The summed E-state index contributed by atoms with van der Waals surface area (Å²) in [6.07, 6.45) is 0. The number of hydrogen-bond acceptors (Lipinski definition) is 5. The largest absolute Gasteiger partial charge is 0.444 e. The highest BCUT2D eigenvalue weighted by Crippen LogP contribution is 2.17. The smallest absolute Gasteiger partial charge is 0.289 e. The van der Waals surface area contributed by atoms with E-state index in [0.29, 0.717) is 43.2 Å². The summed E-state index contributed by atoms with van der Waals surface area (Å²) < 4.78 is 5.85. The number of thiophene rings is 1. The van der Waals surface area contributed by atoms with Crippen LogP contribution in [0.15, 0.2) is 38.7 Å². The molecule has 1 fully saturated rings. The highest BCUT2D eigenvalue weighted by atomic mass is 79.9. The predicted octanol–water partition coefficient (Wildman–Crippen LogP) is 2.74. The molecule has 0 aromatic carbocycles. The van der Waals surface area contributed by atoms with Crippen LogP contribution in [-0.4, -0.2) is 54.2 Å². The minimum Gasteiger partial charge on any atom is -0.444 e. The second-order valence-electron chi connectivity index (χ2n) is 5.07. The SMILES string of the molecule is O=C(CN1CCN(C(=O)c2ccc(Br)o2)CC1)c1cccs1. The fourth-order valence-corrected chi connectivity index (χ4v) is 3.38. The molecule has 1 aliphatic heterocycles. The number of piperazine rings is 1. The van der Waals surface area contributed by atoms with Crippen molar-refractivity contribution in [1.29, 1.82) is 0 Å². The van der Waals surface area contributed by atoms with Gasteiger partial charge < -0.3 is 9.32 Å². The van der Waals surface area contributed by atoms with Crippen LogP contribution in [0, 0.1) is 0 Å². The Morgan fingerprint density at radius 3 is 2.55 bits per heavy atom. The highest BCUT2D eigenvalue weighted by molar-refractivity contribution is 9.10. The minimum atomic E-state index is -0.102. The number of ketones is 1. The Morgan fingerprint density at radius 2 is 1.95 bits per heavy atom. The Bertz CT molecular complexity index is 660. The normalized spacial score (nSPS) is 16.0.